The SMILES string of the molecule is C=N/C(=C\N(C)C)P(=O)(C1CC1)C1CC1. The third-order valence-corrected chi connectivity index (χ3v) is 7.25. The van der Waals surface area contributed by atoms with Gasteiger partial charge in [0.1, 0.15) is 12.6 Å². The minimum Gasteiger partial charge on any atom is -0.382 e. The van der Waals surface area contributed by atoms with E-state index in [9.17, 15) is 4.57 Å². The van der Waals surface area contributed by atoms with Crippen molar-refractivity contribution in [3.8, 4) is 0 Å². The lowest BCUT2D eigenvalue weighted by molar-refractivity contribution is 0.553. The molecule has 0 saturated heterocycles. The summed E-state index contributed by atoms with van der Waals surface area (Å²) in [7, 11) is 1.66. The monoisotopic (exact) mass is 226 g/mol. The van der Waals surface area contributed by atoms with Gasteiger partial charge in [0.25, 0.3) is 0 Å². The van der Waals surface area contributed by atoms with Gasteiger partial charge in [0, 0.05) is 31.6 Å². The van der Waals surface area contributed by atoms with E-state index >= 15 is 0 Å². The summed E-state index contributed by atoms with van der Waals surface area (Å²) in [4.78, 5) is 5.95. The molecule has 0 heterocycles. The van der Waals surface area contributed by atoms with Crippen LogP contribution in [0.1, 0.15) is 25.7 Å². The van der Waals surface area contributed by atoms with E-state index < -0.39 is 7.14 Å². The topological polar surface area (TPSA) is 32.7 Å². The molecule has 0 aliphatic heterocycles. The first-order valence-corrected chi connectivity index (χ1v) is 7.38. The molecule has 0 bridgehead atoms. The Morgan fingerprint density at radius 1 is 1.33 bits per heavy atom. The molecule has 0 spiro atoms. The first-order valence-electron chi connectivity index (χ1n) is 5.54. The second-order valence-corrected chi connectivity index (χ2v) is 8.12. The zero-order valence-corrected chi connectivity index (χ0v) is 10.4. The lowest BCUT2D eigenvalue weighted by Crippen LogP contribution is -2.05. The van der Waals surface area contributed by atoms with Crippen molar-refractivity contribution in [3.63, 3.8) is 0 Å². The van der Waals surface area contributed by atoms with Crippen LogP contribution < -0.4 is 0 Å². The minimum absolute atomic E-state index is 0.418. The fourth-order valence-corrected chi connectivity index (χ4v) is 5.87. The third-order valence-electron chi connectivity index (χ3n) is 3.07. The van der Waals surface area contributed by atoms with Crippen LogP contribution >= 0.6 is 7.14 Å². The largest absolute Gasteiger partial charge is 0.382 e. The summed E-state index contributed by atoms with van der Waals surface area (Å²) >= 11 is 0. The number of hydrogen-bond donors (Lipinski definition) is 0. The van der Waals surface area contributed by atoms with Gasteiger partial charge in [-0.3, -0.25) is 4.99 Å². The fraction of sp³-hybridized carbons (Fsp3) is 0.727. The Kier molecular flexibility index (Phi) is 2.76. The lowest BCUT2D eigenvalue weighted by atomic mass is 10.8. The van der Waals surface area contributed by atoms with Crippen LogP contribution in [0, 0.1) is 0 Å². The van der Waals surface area contributed by atoms with Gasteiger partial charge in [-0.2, -0.15) is 0 Å². The zero-order chi connectivity index (χ0) is 11.1. The summed E-state index contributed by atoms with van der Waals surface area (Å²) in [6.45, 7) is 3.58. The van der Waals surface area contributed by atoms with Crippen molar-refractivity contribution >= 4 is 13.9 Å². The molecule has 3 nitrogen and oxygen atoms in total. The van der Waals surface area contributed by atoms with Gasteiger partial charge in [0.2, 0.25) is 0 Å². The van der Waals surface area contributed by atoms with E-state index in [1.54, 1.807) is 0 Å². The molecule has 0 unspecified atom stereocenters. The summed E-state index contributed by atoms with van der Waals surface area (Å²) in [5.74, 6) is 0. The number of hydrogen-bond acceptors (Lipinski definition) is 3. The summed E-state index contributed by atoms with van der Waals surface area (Å²) in [6.07, 6.45) is 6.37. The van der Waals surface area contributed by atoms with Crippen molar-refractivity contribution in [2.45, 2.75) is 37.0 Å². The average Bonchev–Trinajstić information content (AvgIpc) is 3.06. The average molecular weight is 226 g/mol. The van der Waals surface area contributed by atoms with Crippen molar-refractivity contribution in [3.05, 3.63) is 11.6 Å². The molecule has 2 aliphatic rings. The van der Waals surface area contributed by atoms with Crippen molar-refractivity contribution in [2.24, 2.45) is 4.99 Å². The molecule has 0 atom stereocenters. The Labute approximate surface area is 91.6 Å². The molecule has 4 heteroatoms. The summed E-state index contributed by atoms with van der Waals surface area (Å²) in [6, 6.07) is 0. The van der Waals surface area contributed by atoms with E-state index in [0.29, 0.717) is 11.3 Å². The van der Waals surface area contributed by atoms with Crippen LogP contribution in [-0.2, 0) is 4.57 Å². The van der Waals surface area contributed by atoms with Crippen molar-refractivity contribution in [1.82, 2.24) is 4.90 Å². The van der Waals surface area contributed by atoms with Crippen molar-refractivity contribution in [2.75, 3.05) is 14.1 Å². The number of nitrogens with zero attached hydrogens (tertiary/aromatic N) is 2. The van der Waals surface area contributed by atoms with Gasteiger partial charge < -0.3 is 9.46 Å². The molecule has 0 radical (unpaired) electrons. The Morgan fingerprint density at radius 2 is 1.80 bits per heavy atom. The molecule has 2 aliphatic carbocycles. The molecule has 0 aromatic heterocycles. The Morgan fingerprint density at radius 3 is 2.07 bits per heavy atom. The minimum atomic E-state index is -2.21. The molecular formula is C11H19N2OP. The Bertz CT molecular complexity index is 324. The van der Waals surface area contributed by atoms with Crippen LogP contribution in [0.5, 0.6) is 0 Å². The maximum atomic E-state index is 13.0. The first-order chi connectivity index (χ1) is 7.09. The molecule has 15 heavy (non-hydrogen) atoms. The maximum Gasteiger partial charge on any atom is 0.140 e. The smallest absolute Gasteiger partial charge is 0.140 e. The highest BCUT2D eigenvalue weighted by Crippen LogP contribution is 2.74. The molecule has 2 fully saturated rings. The predicted molar refractivity (Wildman–Crippen MR) is 65.0 cm³/mol. The lowest BCUT2D eigenvalue weighted by Gasteiger charge is -2.19. The summed E-state index contributed by atoms with van der Waals surface area (Å²) in [5, 5.41) is 0. The van der Waals surface area contributed by atoms with E-state index in [1.807, 2.05) is 25.2 Å². The molecule has 0 N–H and O–H groups in total. The molecule has 2 saturated carbocycles. The Hall–Kier alpha value is -0.560. The highest BCUT2D eigenvalue weighted by atomic mass is 31.2. The summed E-state index contributed by atoms with van der Waals surface area (Å²) < 4.78 is 13.0. The van der Waals surface area contributed by atoms with Crippen LogP contribution in [0.15, 0.2) is 16.6 Å². The van der Waals surface area contributed by atoms with Crippen LogP contribution in [0.4, 0.5) is 0 Å². The van der Waals surface area contributed by atoms with Gasteiger partial charge in [-0.05, 0) is 32.4 Å². The standard InChI is InChI=1S/C11H19N2OP/c1-12-11(8-13(2)3)15(14,9-4-5-9)10-6-7-10/h8-10H,1,4-7H2,2-3H3/b11-8+. The van der Waals surface area contributed by atoms with E-state index in [2.05, 4.69) is 11.7 Å². The zero-order valence-electron chi connectivity index (χ0n) is 9.52. The van der Waals surface area contributed by atoms with Gasteiger partial charge in [-0.25, -0.2) is 0 Å². The van der Waals surface area contributed by atoms with Crippen LogP contribution in [0.2, 0.25) is 0 Å². The third kappa shape index (κ3) is 2.03. The number of rotatable bonds is 5. The molecule has 0 amide bonds. The first kappa shape index (κ1) is 10.9. The van der Waals surface area contributed by atoms with Gasteiger partial charge in [0.15, 0.2) is 0 Å². The van der Waals surface area contributed by atoms with Crippen LogP contribution in [0.25, 0.3) is 0 Å². The van der Waals surface area contributed by atoms with E-state index in [4.69, 9.17) is 0 Å². The van der Waals surface area contributed by atoms with Gasteiger partial charge in [0.05, 0.1) is 0 Å². The Balaban J connectivity index is 2.29. The molecule has 0 aromatic rings. The molecule has 0 aromatic carbocycles. The van der Waals surface area contributed by atoms with Gasteiger partial charge >= 0.3 is 0 Å². The van der Waals surface area contributed by atoms with E-state index in [1.165, 1.54) is 0 Å². The number of aliphatic imine (C=N–C) groups is 1. The molecule has 84 valence electrons. The van der Waals surface area contributed by atoms with E-state index in [0.717, 1.165) is 31.1 Å². The van der Waals surface area contributed by atoms with Gasteiger partial charge in [-0.15, -0.1) is 0 Å². The highest BCUT2D eigenvalue weighted by Gasteiger charge is 2.53. The molecule has 2 rings (SSSR count). The van der Waals surface area contributed by atoms with Crippen LogP contribution in [0.3, 0.4) is 0 Å². The van der Waals surface area contributed by atoms with Gasteiger partial charge in [-0.1, -0.05) is 0 Å². The maximum absolute atomic E-state index is 13.0. The van der Waals surface area contributed by atoms with E-state index in [-0.39, 0.29) is 0 Å². The second-order valence-electron chi connectivity index (χ2n) is 4.78. The summed E-state index contributed by atoms with van der Waals surface area (Å²) in [5.41, 5.74) is 1.60. The molecular weight excluding hydrogens is 207 g/mol. The second kappa shape index (κ2) is 3.79. The van der Waals surface area contributed by atoms with Crippen molar-refractivity contribution in [1.29, 1.82) is 0 Å². The fourth-order valence-electron chi connectivity index (χ4n) is 2.06. The quantitative estimate of drug-likeness (QED) is 0.533. The van der Waals surface area contributed by atoms with Crippen LogP contribution in [-0.4, -0.2) is 37.0 Å². The van der Waals surface area contributed by atoms with Crippen molar-refractivity contribution < 1.29 is 4.57 Å². The highest BCUT2D eigenvalue weighted by molar-refractivity contribution is 7.70. The normalized spacial score (nSPS) is 22.7. The predicted octanol–water partition coefficient (Wildman–Crippen LogP) is 2.74.